The maximum Gasteiger partial charge on any atom is 0.292 e. The van der Waals surface area contributed by atoms with E-state index in [9.17, 15) is 9.59 Å². The monoisotopic (exact) mass is 467 g/mol. The fourth-order valence-corrected chi connectivity index (χ4v) is 4.08. The van der Waals surface area contributed by atoms with Gasteiger partial charge in [0.1, 0.15) is 10.8 Å². The second kappa shape index (κ2) is 10.1. The average Bonchev–Trinajstić information content (AvgIpc) is 2.86. The van der Waals surface area contributed by atoms with Crippen LogP contribution < -0.4 is 20.5 Å². The number of ether oxygens (including phenoxy) is 1. The van der Waals surface area contributed by atoms with Gasteiger partial charge in [-0.3, -0.25) is 14.5 Å². The summed E-state index contributed by atoms with van der Waals surface area (Å²) in [4.78, 5) is 29.6. The summed E-state index contributed by atoms with van der Waals surface area (Å²) in [5, 5.41) is 7.41. The summed E-state index contributed by atoms with van der Waals surface area (Å²) in [6, 6.07) is 16.1. The molecule has 1 atom stereocenters. The van der Waals surface area contributed by atoms with Gasteiger partial charge in [-0.05, 0) is 43.3 Å². The van der Waals surface area contributed by atoms with E-state index >= 15 is 0 Å². The fourth-order valence-electron chi connectivity index (χ4n) is 3.83. The van der Waals surface area contributed by atoms with Crippen molar-refractivity contribution in [3.05, 3.63) is 76.2 Å². The Labute approximate surface area is 197 Å². The second-order valence-corrected chi connectivity index (χ2v) is 8.19. The average molecular weight is 468 g/mol. The molecule has 0 bridgehead atoms. The number of para-hydroxylation sites is 1. The summed E-state index contributed by atoms with van der Waals surface area (Å²) >= 11 is 6.44. The van der Waals surface area contributed by atoms with Crippen molar-refractivity contribution < 1.29 is 9.53 Å². The van der Waals surface area contributed by atoms with Gasteiger partial charge in [0.15, 0.2) is 0 Å². The smallest absolute Gasteiger partial charge is 0.292 e. The molecule has 0 radical (unpaired) electrons. The zero-order valence-electron chi connectivity index (χ0n) is 18.6. The number of nitrogens with one attached hydrogen (secondary N) is 1. The summed E-state index contributed by atoms with van der Waals surface area (Å²) in [5.41, 5.74) is 1.65. The molecule has 4 rings (SSSR count). The normalized spacial score (nSPS) is 15.2. The van der Waals surface area contributed by atoms with Crippen LogP contribution in [-0.2, 0) is 4.79 Å². The van der Waals surface area contributed by atoms with Gasteiger partial charge in [-0.15, -0.1) is 0 Å². The minimum atomic E-state index is -0.352. The molecule has 0 saturated carbocycles. The Kier molecular flexibility index (Phi) is 6.96. The molecule has 0 spiro atoms. The molecule has 2 aromatic carbocycles. The zero-order chi connectivity index (χ0) is 23.4. The maximum atomic E-state index is 12.8. The number of amides is 1. The van der Waals surface area contributed by atoms with Crippen molar-refractivity contribution in [1.82, 2.24) is 14.7 Å². The molecule has 0 aliphatic carbocycles. The van der Waals surface area contributed by atoms with Crippen molar-refractivity contribution in [2.45, 2.75) is 13.0 Å². The Morgan fingerprint density at radius 3 is 2.36 bits per heavy atom. The van der Waals surface area contributed by atoms with E-state index in [1.165, 1.54) is 4.68 Å². The van der Waals surface area contributed by atoms with Crippen LogP contribution in [0.15, 0.2) is 65.6 Å². The Bertz CT molecular complexity index is 1160. The number of aromatic nitrogens is 2. The first-order valence-corrected chi connectivity index (χ1v) is 11.1. The second-order valence-electron chi connectivity index (χ2n) is 7.81. The minimum Gasteiger partial charge on any atom is -0.497 e. The molecule has 1 N–H and O–H groups in total. The van der Waals surface area contributed by atoms with E-state index in [2.05, 4.69) is 15.3 Å². The van der Waals surface area contributed by atoms with E-state index in [0.717, 1.165) is 11.4 Å². The number of carbonyl (C=O) groups is 1. The van der Waals surface area contributed by atoms with E-state index in [0.29, 0.717) is 37.6 Å². The summed E-state index contributed by atoms with van der Waals surface area (Å²) in [7, 11) is 1.60. The van der Waals surface area contributed by atoms with Gasteiger partial charge in [-0.25, -0.2) is 0 Å². The molecule has 2 heterocycles. The lowest BCUT2D eigenvalue weighted by Crippen LogP contribution is -2.53. The molecular formula is C24H26ClN5O3. The Morgan fingerprint density at radius 1 is 1.06 bits per heavy atom. The number of methoxy groups -OCH3 is 1. The quantitative estimate of drug-likeness (QED) is 0.600. The first-order chi connectivity index (χ1) is 16.0. The van der Waals surface area contributed by atoms with Crippen molar-refractivity contribution in [3.8, 4) is 11.4 Å². The van der Waals surface area contributed by atoms with E-state index in [-0.39, 0.29) is 22.5 Å². The van der Waals surface area contributed by atoms with Crippen molar-refractivity contribution in [2.24, 2.45) is 0 Å². The van der Waals surface area contributed by atoms with Gasteiger partial charge in [0.05, 0.1) is 30.7 Å². The SMILES string of the molecule is COc1ccc(NC(=O)C(C)N2CCN(c3cnn(-c4ccccc4)c(=O)c3Cl)CC2)cc1. The third kappa shape index (κ3) is 5.02. The number of hydrogen-bond acceptors (Lipinski definition) is 6. The highest BCUT2D eigenvalue weighted by molar-refractivity contribution is 6.33. The van der Waals surface area contributed by atoms with Gasteiger partial charge in [0.25, 0.3) is 5.56 Å². The van der Waals surface area contributed by atoms with Gasteiger partial charge in [0.2, 0.25) is 5.91 Å². The highest BCUT2D eigenvalue weighted by Crippen LogP contribution is 2.24. The third-order valence-corrected chi connectivity index (χ3v) is 6.20. The molecule has 1 aliphatic heterocycles. The summed E-state index contributed by atoms with van der Waals surface area (Å²) in [6.45, 7) is 4.49. The minimum absolute atomic E-state index is 0.0706. The van der Waals surface area contributed by atoms with Gasteiger partial charge in [-0.2, -0.15) is 9.78 Å². The van der Waals surface area contributed by atoms with Crippen LogP contribution in [0.25, 0.3) is 5.69 Å². The number of hydrogen-bond donors (Lipinski definition) is 1. The summed E-state index contributed by atoms with van der Waals surface area (Å²) in [6.07, 6.45) is 1.63. The number of piperazine rings is 1. The number of carbonyl (C=O) groups excluding carboxylic acids is 1. The Morgan fingerprint density at radius 2 is 1.73 bits per heavy atom. The number of rotatable bonds is 6. The molecule has 8 nitrogen and oxygen atoms in total. The van der Waals surface area contributed by atoms with Crippen LogP contribution in [0, 0.1) is 0 Å². The van der Waals surface area contributed by atoms with Gasteiger partial charge in [-0.1, -0.05) is 29.8 Å². The molecule has 172 valence electrons. The fraction of sp³-hybridized carbons (Fsp3) is 0.292. The third-order valence-electron chi connectivity index (χ3n) is 5.84. The lowest BCUT2D eigenvalue weighted by Gasteiger charge is -2.38. The number of nitrogens with zero attached hydrogens (tertiary/aromatic N) is 4. The van der Waals surface area contributed by atoms with Crippen molar-refractivity contribution in [2.75, 3.05) is 43.5 Å². The lowest BCUT2D eigenvalue weighted by molar-refractivity contribution is -0.120. The number of benzene rings is 2. The zero-order valence-corrected chi connectivity index (χ0v) is 19.3. The topological polar surface area (TPSA) is 79.7 Å². The van der Waals surface area contributed by atoms with Crippen LogP contribution in [0.4, 0.5) is 11.4 Å². The molecule has 1 aromatic heterocycles. The standard InChI is InChI=1S/C24H26ClN5O3/c1-17(23(31)27-18-8-10-20(33-2)11-9-18)28-12-14-29(15-13-28)21-16-26-30(24(32)22(21)25)19-6-4-3-5-7-19/h3-11,16-17H,12-15H2,1-2H3,(H,27,31). The van der Waals surface area contributed by atoms with Crippen molar-refractivity contribution in [3.63, 3.8) is 0 Å². The van der Waals surface area contributed by atoms with Crippen LogP contribution in [-0.4, -0.2) is 59.9 Å². The van der Waals surface area contributed by atoms with E-state index in [1.54, 1.807) is 13.3 Å². The highest BCUT2D eigenvalue weighted by Gasteiger charge is 2.27. The van der Waals surface area contributed by atoms with E-state index < -0.39 is 0 Å². The summed E-state index contributed by atoms with van der Waals surface area (Å²) in [5.74, 6) is 0.667. The van der Waals surface area contributed by atoms with Gasteiger partial charge < -0.3 is 15.0 Å². The molecule has 1 aliphatic rings. The molecule has 33 heavy (non-hydrogen) atoms. The van der Waals surface area contributed by atoms with Gasteiger partial charge >= 0.3 is 0 Å². The van der Waals surface area contributed by atoms with Crippen LogP contribution in [0.2, 0.25) is 5.02 Å². The van der Waals surface area contributed by atoms with E-state index in [4.69, 9.17) is 16.3 Å². The van der Waals surface area contributed by atoms with Crippen LogP contribution in [0.1, 0.15) is 6.92 Å². The lowest BCUT2D eigenvalue weighted by atomic mass is 10.2. The number of anilines is 2. The Balaban J connectivity index is 1.38. The van der Waals surface area contributed by atoms with E-state index in [1.807, 2.05) is 66.4 Å². The molecule has 1 unspecified atom stereocenters. The van der Waals surface area contributed by atoms with Crippen LogP contribution in [0.3, 0.4) is 0 Å². The first kappa shape index (κ1) is 22.8. The molecule has 3 aromatic rings. The van der Waals surface area contributed by atoms with Gasteiger partial charge in [0, 0.05) is 31.9 Å². The van der Waals surface area contributed by atoms with Crippen LogP contribution >= 0.6 is 11.6 Å². The number of halogens is 1. The maximum absolute atomic E-state index is 12.8. The highest BCUT2D eigenvalue weighted by atomic mass is 35.5. The summed E-state index contributed by atoms with van der Waals surface area (Å²) < 4.78 is 6.45. The molecule has 1 fully saturated rings. The molecule has 1 amide bonds. The van der Waals surface area contributed by atoms with Crippen molar-refractivity contribution >= 4 is 28.9 Å². The molecule has 1 saturated heterocycles. The largest absolute Gasteiger partial charge is 0.497 e. The Hall–Kier alpha value is -3.36. The van der Waals surface area contributed by atoms with Crippen molar-refractivity contribution in [1.29, 1.82) is 0 Å². The first-order valence-electron chi connectivity index (χ1n) is 10.7. The molecule has 9 heteroatoms. The molecular weight excluding hydrogens is 442 g/mol. The van der Waals surface area contributed by atoms with Crippen LogP contribution in [0.5, 0.6) is 5.75 Å². The predicted molar refractivity (Wildman–Crippen MR) is 130 cm³/mol. The predicted octanol–water partition coefficient (Wildman–Crippen LogP) is 3.04.